The first-order valence-electron chi connectivity index (χ1n) is 27.6. The van der Waals surface area contributed by atoms with Crippen molar-refractivity contribution in [2.75, 3.05) is 58.9 Å². The van der Waals surface area contributed by atoms with Crippen molar-refractivity contribution < 1.29 is 8.78 Å². The molecular formula is C60H64Cl2F2N12S3. The second-order valence-electron chi connectivity index (χ2n) is 21.9. The van der Waals surface area contributed by atoms with Gasteiger partial charge in [-0.1, -0.05) is 82.4 Å². The second kappa shape index (κ2) is 24.3. The van der Waals surface area contributed by atoms with Crippen LogP contribution >= 0.6 is 58.0 Å². The molecule has 6 bridgehead atoms. The average Bonchev–Trinajstić information content (AvgIpc) is 4.46. The molecule has 0 amide bonds. The molecule has 9 fully saturated rings. The van der Waals surface area contributed by atoms with Gasteiger partial charge in [-0.25, -0.2) is 22.8 Å². The number of hydrogen-bond donors (Lipinski definition) is 0. The summed E-state index contributed by atoms with van der Waals surface area (Å²) < 4.78 is 31.9. The number of rotatable bonds is 12. The van der Waals surface area contributed by atoms with E-state index in [9.17, 15) is 8.78 Å². The van der Waals surface area contributed by atoms with Crippen LogP contribution < -0.4 is 0 Å². The Morgan fingerprint density at radius 2 is 0.772 bits per heavy atom. The summed E-state index contributed by atoms with van der Waals surface area (Å²) >= 11 is 11.0. The molecule has 0 radical (unpaired) electrons. The first kappa shape index (κ1) is 54.1. The van der Waals surface area contributed by atoms with Gasteiger partial charge in [0, 0.05) is 40.1 Å². The van der Waals surface area contributed by atoms with Crippen LogP contribution in [0.1, 0.15) is 73.3 Å². The molecule has 410 valence electrons. The van der Waals surface area contributed by atoms with Crippen molar-refractivity contribution in [3.63, 3.8) is 0 Å². The van der Waals surface area contributed by atoms with Gasteiger partial charge < -0.3 is 14.7 Å². The summed E-state index contributed by atoms with van der Waals surface area (Å²) in [7, 11) is 0. The average molecular weight is 1160 g/mol. The van der Waals surface area contributed by atoms with Crippen molar-refractivity contribution in [2.24, 2.45) is 17.8 Å². The smallest absolute Gasteiger partial charge is 0.123 e. The topological polar surface area (TPSA) is 102 Å². The molecule has 0 saturated carbocycles. The number of alkyl halides is 3. The number of aromatic nitrogens is 9. The number of thiophene rings is 3. The fraction of sp³-hybridized carbons (Fsp3) is 0.400. The van der Waals surface area contributed by atoms with E-state index in [2.05, 4.69) is 139 Å². The summed E-state index contributed by atoms with van der Waals surface area (Å²) in [6.07, 6.45) is 14.0. The third kappa shape index (κ3) is 11.8. The van der Waals surface area contributed by atoms with Gasteiger partial charge in [-0.2, -0.15) is 0 Å². The van der Waals surface area contributed by atoms with Crippen molar-refractivity contribution >= 4 is 58.0 Å². The predicted molar refractivity (Wildman–Crippen MR) is 317 cm³/mol. The standard InChI is InChI=1S/C20H21ClN4S.2C20H21FN4S.ClH/c2*21-11-14-1-3-16(4-2-14)19-5-6-20(26-19)17-12-25(23-22-17)18-13-24-9-7-15(18)8-10-24;21-11-14-2-1-3-16(10-14)19-4-5-20(26-19)17-12-25(23-22-17)18-13-24-8-6-15(18)7-9-24;/h2*1-6,12,15,18H,7-11,13H2;1-5,10,12,15,18H,6-9,11,13H2;1H/t3*18-;/m000./s1. The Balaban J connectivity index is 0.000000118. The van der Waals surface area contributed by atoms with E-state index in [1.54, 1.807) is 34.0 Å². The van der Waals surface area contributed by atoms with Crippen LogP contribution in [0, 0.1) is 17.8 Å². The molecule has 18 rings (SSSR count). The van der Waals surface area contributed by atoms with Crippen LogP contribution in [-0.2, 0) is 19.2 Å². The highest BCUT2D eigenvalue weighted by molar-refractivity contribution is 7.19. The summed E-state index contributed by atoms with van der Waals surface area (Å²) in [6.45, 7) is 9.90. The zero-order chi connectivity index (χ0) is 52.5. The summed E-state index contributed by atoms with van der Waals surface area (Å²) in [6, 6.07) is 37.9. The molecule has 0 N–H and O–H groups in total. The van der Waals surface area contributed by atoms with Gasteiger partial charge in [-0.3, -0.25) is 0 Å². The maximum atomic E-state index is 12.9. The van der Waals surface area contributed by atoms with Crippen molar-refractivity contribution in [3.8, 4) is 63.0 Å². The van der Waals surface area contributed by atoms with Crippen molar-refractivity contribution in [1.82, 2.24) is 59.7 Å². The molecule has 0 unspecified atom stereocenters. The number of hydrogen-bond acceptors (Lipinski definition) is 12. The van der Waals surface area contributed by atoms with E-state index in [0.717, 1.165) is 85.8 Å². The normalized spacial score (nSPS) is 24.6. The quantitative estimate of drug-likeness (QED) is 0.111. The molecule has 12 nitrogen and oxygen atoms in total. The molecule has 15 heterocycles. The van der Waals surface area contributed by atoms with Crippen LogP contribution in [0.2, 0.25) is 0 Å². The van der Waals surface area contributed by atoms with E-state index in [-0.39, 0.29) is 12.4 Å². The Kier molecular flexibility index (Phi) is 16.6. The highest BCUT2D eigenvalue weighted by Crippen LogP contribution is 2.41. The first-order chi connectivity index (χ1) is 38.4. The van der Waals surface area contributed by atoms with Crippen LogP contribution in [0.15, 0.2) is 128 Å². The van der Waals surface area contributed by atoms with E-state index in [1.165, 1.54) is 98.0 Å². The van der Waals surface area contributed by atoms with Crippen LogP contribution in [0.4, 0.5) is 8.78 Å². The highest BCUT2D eigenvalue weighted by atomic mass is 35.5. The third-order valence-corrected chi connectivity index (χ3v) is 20.9. The highest BCUT2D eigenvalue weighted by Gasteiger charge is 2.38. The van der Waals surface area contributed by atoms with Gasteiger partial charge in [0.05, 0.1) is 51.3 Å². The van der Waals surface area contributed by atoms with Gasteiger partial charge in [0.1, 0.15) is 30.4 Å². The molecule has 3 atom stereocenters. The Morgan fingerprint density at radius 3 is 1.11 bits per heavy atom. The fourth-order valence-electron chi connectivity index (χ4n) is 12.6. The van der Waals surface area contributed by atoms with Crippen molar-refractivity contribution in [1.29, 1.82) is 0 Å². The van der Waals surface area contributed by atoms with Crippen LogP contribution in [0.25, 0.3) is 63.0 Å². The zero-order valence-electron chi connectivity index (χ0n) is 43.9. The van der Waals surface area contributed by atoms with E-state index < -0.39 is 13.3 Å². The number of halogens is 4. The van der Waals surface area contributed by atoms with Crippen LogP contribution in [0.5, 0.6) is 0 Å². The van der Waals surface area contributed by atoms with Gasteiger partial charge in [0.2, 0.25) is 0 Å². The van der Waals surface area contributed by atoms with E-state index in [0.29, 0.717) is 35.1 Å². The van der Waals surface area contributed by atoms with Crippen LogP contribution in [-0.4, -0.2) is 119 Å². The molecule has 3 aromatic carbocycles. The Hall–Kier alpha value is -5.50. The molecule has 79 heavy (non-hydrogen) atoms. The summed E-state index contributed by atoms with van der Waals surface area (Å²) in [5.41, 5.74) is 8.82. The fourth-order valence-corrected chi connectivity index (χ4v) is 15.6. The number of benzene rings is 3. The van der Waals surface area contributed by atoms with E-state index >= 15 is 0 Å². The summed E-state index contributed by atoms with van der Waals surface area (Å²) in [5.74, 6) is 2.78. The lowest BCUT2D eigenvalue weighted by molar-refractivity contribution is 0.0504. The van der Waals surface area contributed by atoms with Gasteiger partial charge in [0.15, 0.2) is 0 Å². The SMILES string of the molecule is Cl.ClCc1ccc(-c2ccc(-c3cn([C@H]4CN5CCC4CC5)nn3)s2)cc1.FCc1ccc(-c2ccc(-c3cn([C@H]4CN5CCC4CC5)nn3)s2)cc1.FCc1cccc(-c2ccc(-c3cn([C@H]4CN5CCC4CC5)nn3)s2)c1. The summed E-state index contributed by atoms with van der Waals surface area (Å²) in [4.78, 5) is 14.6. The zero-order valence-corrected chi connectivity index (χ0v) is 48.0. The lowest BCUT2D eigenvalue weighted by Gasteiger charge is -2.44. The second-order valence-corrected chi connectivity index (χ2v) is 25.4. The Morgan fingerprint density at radius 1 is 0.418 bits per heavy atom. The molecule has 0 aliphatic carbocycles. The number of fused-ring (bicyclic) bond motifs is 9. The van der Waals surface area contributed by atoms with Gasteiger partial charge in [-0.05, 0) is 171 Å². The third-order valence-electron chi connectivity index (χ3n) is 17.1. The van der Waals surface area contributed by atoms with E-state index in [1.807, 2.05) is 48.5 Å². The number of nitrogens with zero attached hydrogens (tertiary/aromatic N) is 12. The molecule has 19 heteroatoms. The Bertz CT molecular complexity index is 3270. The molecule has 9 aliphatic heterocycles. The predicted octanol–water partition coefficient (Wildman–Crippen LogP) is 13.9. The monoisotopic (exact) mass is 1160 g/mol. The van der Waals surface area contributed by atoms with Gasteiger partial charge >= 0.3 is 0 Å². The maximum absolute atomic E-state index is 12.9. The van der Waals surface area contributed by atoms with Crippen LogP contribution in [0.3, 0.4) is 0 Å². The molecule has 9 saturated heterocycles. The minimum absolute atomic E-state index is 0. The van der Waals surface area contributed by atoms with E-state index in [4.69, 9.17) is 11.6 Å². The summed E-state index contributed by atoms with van der Waals surface area (Å²) in [5, 5.41) is 26.7. The molecule has 6 aromatic heterocycles. The molecule has 0 spiro atoms. The molecule has 9 aromatic rings. The van der Waals surface area contributed by atoms with Gasteiger partial charge in [0.25, 0.3) is 0 Å². The number of piperidine rings is 9. The first-order valence-corrected chi connectivity index (χ1v) is 30.6. The minimum Gasteiger partial charge on any atom is -0.301 e. The Labute approximate surface area is 483 Å². The lowest BCUT2D eigenvalue weighted by Crippen LogP contribution is -2.48. The lowest BCUT2D eigenvalue weighted by atomic mass is 9.84. The minimum atomic E-state index is -0.431. The van der Waals surface area contributed by atoms with Gasteiger partial charge in [-0.15, -0.1) is 73.3 Å². The van der Waals surface area contributed by atoms with Crippen molar-refractivity contribution in [2.45, 2.75) is 75.9 Å². The molecule has 9 aliphatic rings. The van der Waals surface area contributed by atoms with Crippen molar-refractivity contribution in [3.05, 3.63) is 144 Å². The largest absolute Gasteiger partial charge is 0.301 e. The molecular weight excluding hydrogens is 1090 g/mol. The maximum Gasteiger partial charge on any atom is 0.123 e.